The lowest BCUT2D eigenvalue weighted by Gasteiger charge is -2.11. The summed E-state index contributed by atoms with van der Waals surface area (Å²) < 4.78 is 0. The first-order chi connectivity index (χ1) is 9.02. The van der Waals surface area contributed by atoms with Crippen molar-refractivity contribution in [1.82, 2.24) is 10.3 Å². The Morgan fingerprint density at radius 3 is 2.42 bits per heavy atom. The number of hydrogen-bond acceptors (Lipinski definition) is 4. The highest BCUT2D eigenvalue weighted by atomic mass is 32.1. The first-order valence-corrected chi connectivity index (χ1v) is 6.82. The van der Waals surface area contributed by atoms with Gasteiger partial charge in [0.1, 0.15) is 9.88 Å². The molecule has 0 fully saturated rings. The Labute approximate surface area is 117 Å². The summed E-state index contributed by atoms with van der Waals surface area (Å²) in [6.07, 6.45) is 0. The summed E-state index contributed by atoms with van der Waals surface area (Å²) in [6, 6.07) is 8.15. The number of nitrogens with one attached hydrogen (secondary N) is 1. The predicted octanol–water partition coefficient (Wildman–Crippen LogP) is 2.54. The number of amides is 1. The van der Waals surface area contributed by atoms with E-state index in [1.54, 1.807) is 7.05 Å². The number of thiazole rings is 1. The maximum absolute atomic E-state index is 11.7. The molecule has 19 heavy (non-hydrogen) atoms. The van der Waals surface area contributed by atoms with Crippen LogP contribution in [-0.4, -0.2) is 32.0 Å². The summed E-state index contributed by atoms with van der Waals surface area (Å²) in [5, 5.41) is 3.51. The van der Waals surface area contributed by atoms with Gasteiger partial charge in [-0.2, -0.15) is 0 Å². The van der Waals surface area contributed by atoms with E-state index in [1.165, 1.54) is 11.3 Å². The van der Waals surface area contributed by atoms with Crippen molar-refractivity contribution in [2.75, 3.05) is 26.0 Å². The van der Waals surface area contributed by atoms with Gasteiger partial charge in [0.05, 0.1) is 5.69 Å². The van der Waals surface area contributed by atoms with Crippen LogP contribution in [0.1, 0.15) is 15.4 Å². The van der Waals surface area contributed by atoms with E-state index < -0.39 is 0 Å². The fraction of sp³-hybridized carbons (Fsp3) is 0.286. The van der Waals surface area contributed by atoms with Gasteiger partial charge in [0.15, 0.2) is 0 Å². The molecule has 0 atom stereocenters. The SMILES string of the molecule is CNC(=O)c1sc(-c2ccc(N(C)C)cc2)nc1C. The van der Waals surface area contributed by atoms with E-state index >= 15 is 0 Å². The molecule has 4 nitrogen and oxygen atoms in total. The number of hydrogen-bond donors (Lipinski definition) is 1. The summed E-state index contributed by atoms with van der Waals surface area (Å²) in [4.78, 5) is 18.9. The third-order valence-electron chi connectivity index (χ3n) is 2.86. The van der Waals surface area contributed by atoms with Crippen LogP contribution in [0.25, 0.3) is 10.6 Å². The van der Waals surface area contributed by atoms with E-state index in [1.807, 2.05) is 50.2 Å². The van der Waals surface area contributed by atoms with Crippen LogP contribution in [0.15, 0.2) is 24.3 Å². The summed E-state index contributed by atoms with van der Waals surface area (Å²) in [6.45, 7) is 1.86. The molecule has 5 heteroatoms. The van der Waals surface area contributed by atoms with Crippen LogP contribution in [0.5, 0.6) is 0 Å². The van der Waals surface area contributed by atoms with Crippen LogP contribution in [0.2, 0.25) is 0 Å². The van der Waals surface area contributed by atoms with Gasteiger partial charge in [-0.05, 0) is 31.2 Å². The van der Waals surface area contributed by atoms with Crippen molar-refractivity contribution in [2.45, 2.75) is 6.92 Å². The van der Waals surface area contributed by atoms with Crippen molar-refractivity contribution in [3.63, 3.8) is 0 Å². The van der Waals surface area contributed by atoms with Crippen molar-refractivity contribution in [1.29, 1.82) is 0 Å². The van der Waals surface area contributed by atoms with Crippen molar-refractivity contribution in [3.05, 3.63) is 34.8 Å². The molecule has 0 aliphatic carbocycles. The Kier molecular flexibility index (Phi) is 3.85. The van der Waals surface area contributed by atoms with Crippen LogP contribution in [0.3, 0.4) is 0 Å². The molecule has 1 N–H and O–H groups in total. The molecule has 0 aliphatic rings. The molecule has 0 aliphatic heterocycles. The van der Waals surface area contributed by atoms with E-state index in [2.05, 4.69) is 10.3 Å². The molecule has 0 radical (unpaired) electrons. The molecule has 2 aromatic rings. The Balaban J connectivity index is 2.34. The number of rotatable bonds is 3. The molecule has 1 aromatic carbocycles. The van der Waals surface area contributed by atoms with E-state index in [9.17, 15) is 4.79 Å². The van der Waals surface area contributed by atoms with Gasteiger partial charge in [0.25, 0.3) is 5.91 Å². The number of anilines is 1. The Morgan fingerprint density at radius 1 is 1.26 bits per heavy atom. The molecule has 1 heterocycles. The van der Waals surface area contributed by atoms with Gasteiger partial charge in [0, 0.05) is 32.4 Å². The monoisotopic (exact) mass is 275 g/mol. The van der Waals surface area contributed by atoms with Gasteiger partial charge >= 0.3 is 0 Å². The first-order valence-electron chi connectivity index (χ1n) is 6.00. The fourth-order valence-electron chi connectivity index (χ4n) is 1.75. The molecule has 1 aromatic heterocycles. The lowest BCUT2D eigenvalue weighted by atomic mass is 10.2. The largest absolute Gasteiger partial charge is 0.378 e. The molecular formula is C14H17N3OS. The summed E-state index contributed by atoms with van der Waals surface area (Å²) >= 11 is 1.42. The van der Waals surface area contributed by atoms with Crippen LogP contribution >= 0.6 is 11.3 Å². The zero-order valence-corrected chi connectivity index (χ0v) is 12.3. The number of benzene rings is 1. The number of carbonyl (C=O) groups excluding carboxylic acids is 1. The number of nitrogens with zero attached hydrogens (tertiary/aromatic N) is 2. The molecule has 0 spiro atoms. The van der Waals surface area contributed by atoms with Crippen LogP contribution in [0.4, 0.5) is 5.69 Å². The zero-order chi connectivity index (χ0) is 14.0. The highest BCUT2D eigenvalue weighted by Gasteiger charge is 2.14. The number of carbonyl (C=O) groups is 1. The second-order valence-electron chi connectivity index (χ2n) is 4.45. The van der Waals surface area contributed by atoms with Crippen molar-refractivity contribution in [3.8, 4) is 10.6 Å². The maximum Gasteiger partial charge on any atom is 0.263 e. The summed E-state index contributed by atoms with van der Waals surface area (Å²) in [5.41, 5.74) is 2.95. The van der Waals surface area contributed by atoms with E-state index in [0.29, 0.717) is 4.88 Å². The van der Waals surface area contributed by atoms with Gasteiger partial charge in [-0.3, -0.25) is 4.79 Å². The number of aromatic nitrogens is 1. The molecular weight excluding hydrogens is 258 g/mol. The van der Waals surface area contributed by atoms with E-state index in [0.717, 1.165) is 22.0 Å². The van der Waals surface area contributed by atoms with Crippen LogP contribution in [-0.2, 0) is 0 Å². The van der Waals surface area contributed by atoms with Gasteiger partial charge in [-0.1, -0.05) is 0 Å². The summed E-state index contributed by atoms with van der Waals surface area (Å²) in [5.74, 6) is -0.0776. The van der Waals surface area contributed by atoms with Crippen molar-refractivity contribution in [2.24, 2.45) is 0 Å². The highest BCUT2D eigenvalue weighted by molar-refractivity contribution is 7.17. The van der Waals surface area contributed by atoms with Gasteiger partial charge < -0.3 is 10.2 Å². The standard InChI is InChI=1S/C14H17N3OS/c1-9-12(13(18)15-2)19-14(16-9)10-5-7-11(8-6-10)17(3)4/h5-8H,1-4H3,(H,15,18). The predicted molar refractivity (Wildman–Crippen MR) is 80.0 cm³/mol. The molecule has 0 saturated carbocycles. The van der Waals surface area contributed by atoms with Crippen molar-refractivity contribution >= 4 is 22.9 Å². The van der Waals surface area contributed by atoms with Crippen molar-refractivity contribution < 1.29 is 4.79 Å². The minimum Gasteiger partial charge on any atom is -0.378 e. The second-order valence-corrected chi connectivity index (χ2v) is 5.45. The van der Waals surface area contributed by atoms with E-state index in [-0.39, 0.29) is 5.91 Å². The summed E-state index contributed by atoms with van der Waals surface area (Å²) in [7, 11) is 5.64. The Morgan fingerprint density at radius 2 is 1.89 bits per heavy atom. The lowest BCUT2D eigenvalue weighted by molar-refractivity contribution is 0.0966. The number of aryl methyl sites for hydroxylation is 1. The average molecular weight is 275 g/mol. The van der Waals surface area contributed by atoms with Crippen LogP contribution < -0.4 is 10.2 Å². The third-order valence-corrected chi connectivity index (χ3v) is 4.07. The van der Waals surface area contributed by atoms with E-state index in [4.69, 9.17) is 0 Å². The smallest absolute Gasteiger partial charge is 0.263 e. The molecule has 1 amide bonds. The molecule has 0 saturated heterocycles. The normalized spacial score (nSPS) is 10.3. The lowest BCUT2D eigenvalue weighted by Crippen LogP contribution is -2.17. The van der Waals surface area contributed by atoms with Gasteiger partial charge in [0.2, 0.25) is 0 Å². The topological polar surface area (TPSA) is 45.2 Å². The minimum absolute atomic E-state index is 0.0776. The quantitative estimate of drug-likeness (QED) is 0.936. The molecule has 0 bridgehead atoms. The molecule has 100 valence electrons. The fourth-order valence-corrected chi connectivity index (χ4v) is 2.76. The zero-order valence-electron chi connectivity index (χ0n) is 11.5. The van der Waals surface area contributed by atoms with Gasteiger partial charge in [-0.25, -0.2) is 4.98 Å². The first kappa shape index (κ1) is 13.5. The third kappa shape index (κ3) is 2.76. The molecule has 2 rings (SSSR count). The minimum atomic E-state index is -0.0776. The Bertz CT molecular complexity index is 587. The maximum atomic E-state index is 11.7. The Hall–Kier alpha value is -1.88. The van der Waals surface area contributed by atoms with Gasteiger partial charge in [-0.15, -0.1) is 11.3 Å². The second kappa shape index (κ2) is 5.40. The molecule has 0 unspecified atom stereocenters. The average Bonchev–Trinajstić information content (AvgIpc) is 2.80. The van der Waals surface area contributed by atoms with Crippen LogP contribution in [0, 0.1) is 6.92 Å². The highest BCUT2D eigenvalue weighted by Crippen LogP contribution is 2.29.